The SMILES string of the molecule is CCC(=O)Cc1cc(Br)cc(C(F)(F)F)c1. The molecule has 0 unspecified atom stereocenters. The van der Waals surface area contributed by atoms with Gasteiger partial charge < -0.3 is 0 Å². The molecule has 1 aromatic carbocycles. The van der Waals surface area contributed by atoms with Gasteiger partial charge >= 0.3 is 6.18 Å². The number of halogens is 4. The van der Waals surface area contributed by atoms with E-state index in [0.717, 1.165) is 12.1 Å². The van der Waals surface area contributed by atoms with Crippen molar-refractivity contribution in [3.05, 3.63) is 33.8 Å². The predicted octanol–water partition coefficient (Wildman–Crippen LogP) is 3.99. The van der Waals surface area contributed by atoms with E-state index in [1.165, 1.54) is 6.07 Å². The van der Waals surface area contributed by atoms with Crippen LogP contribution in [0.15, 0.2) is 22.7 Å². The lowest BCUT2D eigenvalue weighted by molar-refractivity contribution is -0.137. The maximum absolute atomic E-state index is 12.5. The number of rotatable bonds is 3. The molecule has 0 saturated heterocycles. The standard InChI is InChI=1S/C11H10BrF3O/c1-2-10(16)5-7-3-8(11(13,14)15)6-9(12)4-7/h3-4,6H,2,5H2,1H3. The van der Waals surface area contributed by atoms with Crippen LogP contribution in [0.4, 0.5) is 13.2 Å². The van der Waals surface area contributed by atoms with Crippen molar-refractivity contribution in [1.82, 2.24) is 0 Å². The van der Waals surface area contributed by atoms with Gasteiger partial charge in [0.2, 0.25) is 0 Å². The molecule has 0 N–H and O–H groups in total. The van der Waals surface area contributed by atoms with E-state index in [9.17, 15) is 18.0 Å². The molecule has 0 aliphatic heterocycles. The summed E-state index contributed by atoms with van der Waals surface area (Å²) >= 11 is 3.01. The highest BCUT2D eigenvalue weighted by Crippen LogP contribution is 2.32. The first kappa shape index (κ1) is 13.2. The summed E-state index contributed by atoms with van der Waals surface area (Å²) < 4.78 is 37.7. The molecule has 0 atom stereocenters. The van der Waals surface area contributed by atoms with Gasteiger partial charge in [-0.2, -0.15) is 13.2 Å². The molecule has 5 heteroatoms. The molecule has 1 nitrogen and oxygen atoms in total. The molecular weight excluding hydrogens is 285 g/mol. The summed E-state index contributed by atoms with van der Waals surface area (Å²) in [7, 11) is 0. The number of ketones is 1. The second-order valence-electron chi connectivity index (χ2n) is 3.41. The summed E-state index contributed by atoms with van der Waals surface area (Å²) in [6, 6.07) is 3.54. The van der Waals surface area contributed by atoms with Crippen molar-refractivity contribution in [3.8, 4) is 0 Å². The highest BCUT2D eigenvalue weighted by atomic mass is 79.9. The van der Waals surface area contributed by atoms with Crippen LogP contribution in [0.1, 0.15) is 24.5 Å². The Morgan fingerprint density at radius 3 is 2.44 bits per heavy atom. The number of hydrogen-bond acceptors (Lipinski definition) is 1. The van der Waals surface area contributed by atoms with Gasteiger partial charge in [-0.05, 0) is 23.8 Å². The fourth-order valence-corrected chi connectivity index (χ4v) is 1.81. The van der Waals surface area contributed by atoms with Crippen LogP contribution in [0.2, 0.25) is 0 Å². The molecule has 0 bridgehead atoms. The largest absolute Gasteiger partial charge is 0.416 e. The van der Waals surface area contributed by atoms with Crippen LogP contribution < -0.4 is 0 Å². The third-order valence-corrected chi connectivity index (χ3v) is 2.54. The lowest BCUT2D eigenvalue weighted by atomic mass is 10.0. The molecule has 0 aromatic heterocycles. The van der Waals surface area contributed by atoms with Gasteiger partial charge in [0.25, 0.3) is 0 Å². The topological polar surface area (TPSA) is 17.1 Å². The first-order valence-corrected chi connectivity index (χ1v) is 5.50. The van der Waals surface area contributed by atoms with E-state index in [-0.39, 0.29) is 12.2 Å². The minimum absolute atomic E-state index is 0.0407. The van der Waals surface area contributed by atoms with Crippen LogP contribution >= 0.6 is 15.9 Å². The zero-order valence-corrected chi connectivity index (χ0v) is 10.2. The van der Waals surface area contributed by atoms with Crippen LogP contribution in [-0.2, 0) is 17.4 Å². The number of carbonyl (C=O) groups is 1. The molecule has 0 aliphatic carbocycles. The fraction of sp³-hybridized carbons (Fsp3) is 0.364. The number of Topliss-reactive ketones (excluding diaryl/α,β-unsaturated/α-hetero) is 1. The van der Waals surface area contributed by atoms with Gasteiger partial charge in [0.15, 0.2) is 0 Å². The van der Waals surface area contributed by atoms with Gasteiger partial charge in [-0.3, -0.25) is 4.79 Å². The van der Waals surface area contributed by atoms with Crippen molar-refractivity contribution >= 4 is 21.7 Å². The highest BCUT2D eigenvalue weighted by Gasteiger charge is 2.31. The Balaban J connectivity index is 3.04. The van der Waals surface area contributed by atoms with Crippen molar-refractivity contribution in [3.63, 3.8) is 0 Å². The van der Waals surface area contributed by atoms with E-state index >= 15 is 0 Å². The number of benzene rings is 1. The Morgan fingerprint density at radius 2 is 1.94 bits per heavy atom. The third kappa shape index (κ3) is 3.63. The molecule has 16 heavy (non-hydrogen) atoms. The second kappa shape index (κ2) is 4.99. The van der Waals surface area contributed by atoms with Gasteiger partial charge in [-0.15, -0.1) is 0 Å². The van der Waals surface area contributed by atoms with E-state index in [0.29, 0.717) is 16.5 Å². The predicted molar refractivity (Wildman–Crippen MR) is 58.1 cm³/mol. The normalized spacial score (nSPS) is 11.6. The average Bonchev–Trinajstić information content (AvgIpc) is 2.15. The van der Waals surface area contributed by atoms with Crippen LogP contribution in [0, 0.1) is 0 Å². The summed E-state index contributed by atoms with van der Waals surface area (Å²) in [6.07, 6.45) is -4.01. The minimum Gasteiger partial charge on any atom is -0.299 e. The minimum atomic E-state index is -4.38. The summed E-state index contributed by atoms with van der Waals surface area (Å²) in [5.41, 5.74) is -0.352. The van der Waals surface area contributed by atoms with Crippen molar-refractivity contribution in [1.29, 1.82) is 0 Å². The molecule has 1 aromatic rings. The zero-order chi connectivity index (χ0) is 12.3. The lowest BCUT2D eigenvalue weighted by Gasteiger charge is -2.09. The Kier molecular flexibility index (Phi) is 4.13. The molecule has 0 fully saturated rings. The summed E-state index contributed by atoms with van der Waals surface area (Å²) in [5, 5.41) is 0. The molecule has 88 valence electrons. The molecule has 0 aliphatic rings. The van der Waals surface area contributed by atoms with Gasteiger partial charge in [-0.1, -0.05) is 22.9 Å². The monoisotopic (exact) mass is 294 g/mol. The molecule has 1 rings (SSSR count). The van der Waals surface area contributed by atoms with Gasteiger partial charge in [-0.25, -0.2) is 0 Å². The Labute approximate surface area is 99.8 Å². The van der Waals surface area contributed by atoms with Gasteiger partial charge in [0.05, 0.1) is 5.56 Å². The van der Waals surface area contributed by atoms with Crippen LogP contribution in [0.3, 0.4) is 0 Å². The maximum Gasteiger partial charge on any atom is 0.416 e. The molecule has 0 saturated carbocycles. The van der Waals surface area contributed by atoms with Gasteiger partial charge in [0, 0.05) is 17.3 Å². The first-order chi connectivity index (χ1) is 7.32. The van der Waals surface area contributed by atoms with Crippen LogP contribution in [0.5, 0.6) is 0 Å². The molecule has 0 radical (unpaired) electrons. The van der Waals surface area contributed by atoms with E-state index in [2.05, 4.69) is 15.9 Å². The van der Waals surface area contributed by atoms with E-state index in [1.54, 1.807) is 6.92 Å². The third-order valence-electron chi connectivity index (χ3n) is 2.08. The second-order valence-corrected chi connectivity index (χ2v) is 4.33. The van der Waals surface area contributed by atoms with E-state index in [1.807, 2.05) is 0 Å². The van der Waals surface area contributed by atoms with Crippen molar-refractivity contribution in [2.75, 3.05) is 0 Å². The van der Waals surface area contributed by atoms with Crippen molar-refractivity contribution < 1.29 is 18.0 Å². The number of hydrogen-bond donors (Lipinski definition) is 0. The first-order valence-electron chi connectivity index (χ1n) is 4.71. The molecule has 0 heterocycles. The highest BCUT2D eigenvalue weighted by molar-refractivity contribution is 9.10. The molecule has 0 spiro atoms. The summed E-state index contributed by atoms with van der Waals surface area (Å²) in [5.74, 6) is -0.0776. The summed E-state index contributed by atoms with van der Waals surface area (Å²) in [6.45, 7) is 1.69. The Morgan fingerprint density at radius 1 is 1.31 bits per heavy atom. The Bertz CT molecular complexity index is 399. The van der Waals surface area contributed by atoms with Crippen molar-refractivity contribution in [2.24, 2.45) is 0 Å². The van der Waals surface area contributed by atoms with Crippen molar-refractivity contribution in [2.45, 2.75) is 25.9 Å². The smallest absolute Gasteiger partial charge is 0.299 e. The molecule has 0 amide bonds. The van der Waals surface area contributed by atoms with Gasteiger partial charge in [0.1, 0.15) is 5.78 Å². The number of alkyl halides is 3. The fourth-order valence-electron chi connectivity index (χ4n) is 1.27. The summed E-state index contributed by atoms with van der Waals surface area (Å²) in [4.78, 5) is 11.2. The Hall–Kier alpha value is -0.840. The van der Waals surface area contributed by atoms with E-state index in [4.69, 9.17) is 0 Å². The van der Waals surface area contributed by atoms with Crippen LogP contribution in [0.25, 0.3) is 0 Å². The number of carbonyl (C=O) groups excluding carboxylic acids is 1. The quantitative estimate of drug-likeness (QED) is 0.824. The zero-order valence-electron chi connectivity index (χ0n) is 8.57. The van der Waals surface area contributed by atoms with Crippen LogP contribution in [-0.4, -0.2) is 5.78 Å². The average molecular weight is 295 g/mol. The van der Waals surface area contributed by atoms with E-state index < -0.39 is 11.7 Å². The lowest BCUT2D eigenvalue weighted by Crippen LogP contribution is -2.07. The molecular formula is C11H10BrF3O. The maximum atomic E-state index is 12.5.